The van der Waals surface area contributed by atoms with E-state index in [4.69, 9.17) is 5.26 Å². The molecule has 2 aromatic rings. The van der Waals surface area contributed by atoms with Crippen LogP contribution in [0, 0.1) is 34.5 Å². The van der Waals surface area contributed by atoms with E-state index in [1.807, 2.05) is 12.1 Å². The summed E-state index contributed by atoms with van der Waals surface area (Å²) in [7, 11) is 0. The molecule has 4 heteroatoms. The molecule has 0 spiro atoms. The monoisotopic (exact) mass is 318 g/mol. The van der Waals surface area contributed by atoms with Gasteiger partial charge in [-0.3, -0.25) is 5.10 Å². The van der Waals surface area contributed by atoms with Crippen LogP contribution < -0.4 is 0 Å². The summed E-state index contributed by atoms with van der Waals surface area (Å²) < 4.78 is 0. The molecular formula is C20H22N4. The normalized spacial score (nSPS) is 34.9. The number of hydrogen-bond acceptors (Lipinski definition) is 3. The van der Waals surface area contributed by atoms with Gasteiger partial charge in [-0.15, -0.1) is 0 Å². The molecular weight excluding hydrogens is 296 g/mol. The van der Waals surface area contributed by atoms with Gasteiger partial charge in [0.15, 0.2) is 0 Å². The quantitative estimate of drug-likeness (QED) is 0.929. The molecule has 4 bridgehead atoms. The third-order valence-corrected chi connectivity index (χ3v) is 6.78. The molecule has 1 atom stereocenters. The largest absolute Gasteiger partial charge is 0.263 e. The molecule has 1 N–H and O–H groups in total. The zero-order chi connectivity index (χ0) is 16.1. The SMILES string of the molecule is N#Cc1ccc(C(c2ncn[nH]2)C23CC4CC(CC(C4)C2)C3)cc1. The second kappa shape index (κ2) is 5.17. The van der Waals surface area contributed by atoms with E-state index in [0.29, 0.717) is 5.41 Å². The Morgan fingerprint density at radius 2 is 1.67 bits per heavy atom. The van der Waals surface area contributed by atoms with Crippen LogP contribution in [0.3, 0.4) is 0 Å². The smallest absolute Gasteiger partial charge is 0.137 e. The van der Waals surface area contributed by atoms with Crippen molar-refractivity contribution in [2.75, 3.05) is 0 Å². The molecule has 6 rings (SSSR count). The van der Waals surface area contributed by atoms with Crippen molar-refractivity contribution in [2.45, 2.75) is 44.4 Å². The van der Waals surface area contributed by atoms with Gasteiger partial charge >= 0.3 is 0 Å². The molecule has 1 aromatic heterocycles. The summed E-state index contributed by atoms with van der Waals surface area (Å²) in [5.74, 6) is 3.99. The summed E-state index contributed by atoms with van der Waals surface area (Å²) in [6, 6.07) is 10.4. The molecule has 0 amide bonds. The second-order valence-electron chi connectivity index (χ2n) is 8.32. The van der Waals surface area contributed by atoms with E-state index in [2.05, 4.69) is 33.4 Å². The van der Waals surface area contributed by atoms with Crippen LogP contribution in [0.25, 0.3) is 0 Å². The fraction of sp³-hybridized carbons (Fsp3) is 0.550. The lowest BCUT2D eigenvalue weighted by atomic mass is 9.46. The molecule has 4 aliphatic carbocycles. The van der Waals surface area contributed by atoms with E-state index in [0.717, 1.165) is 29.1 Å². The van der Waals surface area contributed by atoms with Gasteiger partial charge in [0.1, 0.15) is 12.2 Å². The van der Waals surface area contributed by atoms with E-state index in [1.165, 1.54) is 44.1 Å². The first-order valence-electron chi connectivity index (χ1n) is 9.11. The Morgan fingerprint density at radius 3 is 2.17 bits per heavy atom. The number of nitrogens with zero attached hydrogens (tertiary/aromatic N) is 3. The maximum atomic E-state index is 9.10. The predicted molar refractivity (Wildman–Crippen MR) is 90.0 cm³/mol. The second-order valence-corrected chi connectivity index (χ2v) is 8.32. The van der Waals surface area contributed by atoms with Crippen LogP contribution in [0.2, 0.25) is 0 Å². The van der Waals surface area contributed by atoms with Crippen molar-refractivity contribution in [1.82, 2.24) is 15.2 Å². The van der Waals surface area contributed by atoms with Crippen LogP contribution in [0.15, 0.2) is 30.6 Å². The van der Waals surface area contributed by atoms with Gasteiger partial charge in [-0.05, 0) is 79.4 Å². The van der Waals surface area contributed by atoms with Crippen molar-refractivity contribution in [1.29, 1.82) is 5.26 Å². The summed E-state index contributed by atoms with van der Waals surface area (Å²) in [4.78, 5) is 4.56. The Hall–Kier alpha value is -2.15. The zero-order valence-electron chi connectivity index (χ0n) is 13.8. The fourth-order valence-electron chi connectivity index (χ4n) is 6.44. The predicted octanol–water partition coefficient (Wildman–Crippen LogP) is 4.02. The van der Waals surface area contributed by atoms with E-state index in [-0.39, 0.29) is 5.92 Å². The maximum absolute atomic E-state index is 9.10. The van der Waals surface area contributed by atoms with Crippen LogP contribution in [0.4, 0.5) is 0 Å². The highest BCUT2D eigenvalue weighted by Crippen LogP contribution is 2.65. The molecule has 4 nitrogen and oxygen atoms in total. The number of aromatic amines is 1. The number of nitrogens with one attached hydrogen (secondary N) is 1. The Morgan fingerprint density at radius 1 is 1.04 bits per heavy atom. The van der Waals surface area contributed by atoms with Crippen molar-refractivity contribution >= 4 is 0 Å². The number of nitriles is 1. The minimum absolute atomic E-state index is 0.279. The Bertz CT molecular complexity index is 734. The first-order chi connectivity index (χ1) is 11.8. The first-order valence-corrected chi connectivity index (χ1v) is 9.11. The van der Waals surface area contributed by atoms with Crippen molar-refractivity contribution in [3.63, 3.8) is 0 Å². The van der Waals surface area contributed by atoms with Gasteiger partial charge in [-0.25, -0.2) is 4.98 Å². The van der Waals surface area contributed by atoms with E-state index in [1.54, 1.807) is 6.33 Å². The highest BCUT2D eigenvalue weighted by atomic mass is 15.2. The van der Waals surface area contributed by atoms with Crippen LogP contribution >= 0.6 is 0 Å². The van der Waals surface area contributed by atoms with Crippen molar-refractivity contribution in [3.8, 4) is 6.07 Å². The number of hydrogen-bond donors (Lipinski definition) is 1. The standard InChI is InChI=1S/C20H22N4/c21-11-13-1-3-17(4-2-13)18(19-22-12-23-24-19)20-8-14-5-15(9-20)7-16(6-14)10-20/h1-4,12,14-16,18H,5-10H2,(H,22,23,24). The highest BCUT2D eigenvalue weighted by Gasteiger charge is 2.55. The highest BCUT2D eigenvalue weighted by molar-refractivity contribution is 5.37. The molecule has 122 valence electrons. The topological polar surface area (TPSA) is 65.4 Å². The molecule has 4 saturated carbocycles. The van der Waals surface area contributed by atoms with Gasteiger partial charge in [0.05, 0.1) is 11.6 Å². The Labute approximate surface area is 142 Å². The average Bonchev–Trinajstić information content (AvgIpc) is 3.08. The van der Waals surface area contributed by atoms with Crippen molar-refractivity contribution in [2.24, 2.45) is 23.2 Å². The fourth-order valence-corrected chi connectivity index (χ4v) is 6.44. The molecule has 0 saturated heterocycles. The lowest BCUT2D eigenvalue weighted by Gasteiger charge is -2.59. The summed E-state index contributed by atoms with van der Waals surface area (Å²) in [5, 5.41) is 16.4. The third-order valence-electron chi connectivity index (χ3n) is 6.78. The Balaban J connectivity index is 1.60. The molecule has 0 aliphatic heterocycles. The van der Waals surface area contributed by atoms with Crippen molar-refractivity contribution < 1.29 is 0 Å². The summed E-state index contributed by atoms with van der Waals surface area (Å²) >= 11 is 0. The number of H-pyrrole nitrogens is 1. The van der Waals surface area contributed by atoms with Crippen LogP contribution in [-0.2, 0) is 0 Å². The summed E-state index contributed by atoms with van der Waals surface area (Å²) in [5.41, 5.74) is 2.33. The molecule has 0 radical (unpaired) electrons. The molecule has 4 fully saturated rings. The van der Waals surface area contributed by atoms with Gasteiger partial charge in [0.2, 0.25) is 0 Å². The average molecular weight is 318 g/mol. The van der Waals surface area contributed by atoms with E-state index >= 15 is 0 Å². The van der Waals surface area contributed by atoms with Gasteiger partial charge < -0.3 is 0 Å². The minimum atomic E-state index is 0.279. The van der Waals surface area contributed by atoms with Crippen LogP contribution in [0.5, 0.6) is 0 Å². The molecule has 1 unspecified atom stereocenters. The minimum Gasteiger partial charge on any atom is -0.263 e. The first kappa shape index (κ1) is 14.2. The molecule has 4 aliphatic rings. The Kier molecular flexibility index (Phi) is 3.06. The van der Waals surface area contributed by atoms with E-state index in [9.17, 15) is 0 Å². The maximum Gasteiger partial charge on any atom is 0.137 e. The third kappa shape index (κ3) is 2.11. The van der Waals surface area contributed by atoms with Crippen molar-refractivity contribution in [3.05, 3.63) is 47.5 Å². The number of aromatic nitrogens is 3. The lowest BCUT2D eigenvalue weighted by molar-refractivity contribution is -0.0630. The summed E-state index contributed by atoms with van der Waals surface area (Å²) in [6.45, 7) is 0. The summed E-state index contributed by atoms with van der Waals surface area (Å²) in [6.07, 6.45) is 9.92. The lowest BCUT2D eigenvalue weighted by Crippen LogP contribution is -2.49. The van der Waals surface area contributed by atoms with Crippen LogP contribution in [0.1, 0.15) is 61.4 Å². The van der Waals surface area contributed by atoms with Gasteiger partial charge in [0, 0.05) is 5.92 Å². The molecule has 24 heavy (non-hydrogen) atoms. The van der Waals surface area contributed by atoms with Crippen LogP contribution in [-0.4, -0.2) is 15.2 Å². The van der Waals surface area contributed by atoms with Gasteiger partial charge in [-0.2, -0.15) is 10.4 Å². The zero-order valence-corrected chi connectivity index (χ0v) is 13.8. The van der Waals surface area contributed by atoms with Gasteiger partial charge in [0.25, 0.3) is 0 Å². The molecule has 1 aromatic carbocycles. The molecule has 1 heterocycles. The van der Waals surface area contributed by atoms with E-state index < -0.39 is 0 Å². The number of rotatable bonds is 3. The van der Waals surface area contributed by atoms with Gasteiger partial charge in [-0.1, -0.05) is 12.1 Å². The number of benzene rings is 1.